The lowest BCUT2D eigenvalue weighted by Gasteiger charge is -2.28. The lowest BCUT2D eigenvalue weighted by atomic mass is 9.92. The highest BCUT2D eigenvalue weighted by Crippen LogP contribution is 2.39. The molecule has 8 nitrogen and oxygen atoms in total. The Morgan fingerprint density at radius 2 is 2.00 bits per heavy atom. The van der Waals surface area contributed by atoms with Crippen molar-refractivity contribution in [1.29, 1.82) is 0 Å². The van der Waals surface area contributed by atoms with Gasteiger partial charge in [0.1, 0.15) is 0 Å². The number of hydrogen-bond acceptors (Lipinski definition) is 6. The maximum absolute atomic E-state index is 13.4. The van der Waals surface area contributed by atoms with Crippen LogP contribution in [0.3, 0.4) is 0 Å². The summed E-state index contributed by atoms with van der Waals surface area (Å²) in [7, 11) is -3.62. The van der Waals surface area contributed by atoms with Crippen molar-refractivity contribution in [3.05, 3.63) is 38.0 Å². The highest BCUT2D eigenvalue weighted by atomic mass is 35.5. The molecule has 0 bridgehead atoms. The maximum atomic E-state index is 13.4. The molecule has 1 saturated carbocycles. The molecular weight excluding hydrogens is 555 g/mol. The number of nitrogens with one attached hydrogen (secondary N) is 3. The van der Waals surface area contributed by atoms with Crippen LogP contribution in [-0.2, 0) is 16.6 Å². The summed E-state index contributed by atoms with van der Waals surface area (Å²) in [4.78, 5) is 18.0. The molecule has 1 heterocycles. The lowest BCUT2D eigenvalue weighted by Crippen LogP contribution is -2.36. The molecule has 5 N–H and O–H groups in total. The Balaban J connectivity index is 1.78. The summed E-state index contributed by atoms with van der Waals surface area (Å²) >= 11 is 13.9. The van der Waals surface area contributed by atoms with Gasteiger partial charge < -0.3 is 16.4 Å². The van der Waals surface area contributed by atoms with Gasteiger partial charge in [0.25, 0.3) is 5.91 Å². The molecule has 36 heavy (non-hydrogen) atoms. The predicted molar refractivity (Wildman–Crippen MR) is 143 cm³/mol. The van der Waals surface area contributed by atoms with Gasteiger partial charge in [-0.1, -0.05) is 30.1 Å². The van der Waals surface area contributed by atoms with Crippen LogP contribution in [-0.4, -0.2) is 38.4 Å². The first-order valence-corrected chi connectivity index (χ1v) is 14.5. The Kier molecular flexibility index (Phi) is 9.56. The number of amides is 1. The molecule has 1 fully saturated rings. The summed E-state index contributed by atoms with van der Waals surface area (Å²) in [5.41, 5.74) is 6.16. The number of carbonyl (C=O) groups excluding carboxylic acids is 1. The number of sulfonamides is 1. The van der Waals surface area contributed by atoms with Gasteiger partial charge in [0.2, 0.25) is 15.9 Å². The van der Waals surface area contributed by atoms with Crippen LogP contribution in [0.25, 0.3) is 0 Å². The van der Waals surface area contributed by atoms with Gasteiger partial charge in [-0.05, 0) is 31.4 Å². The molecule has 2 aromatic rings. The average Bonchev–Trinajstić information content (AvgIpc) is 3.20. The Morgan fingerprint density at radius 1 is 1.31 bits per heavy atom. The molecule has 1 amide bonds. The summed E-state index contributed by atoms with van der Waals surface area (Å²) in [6.07, 6.45) is 1.87. The van der Waals surface area contributed by atoms with Crippen LogP contribution in [0.2, 0.25) is 10.0 Å². The summed E-state index contributed by atoms with van der Waals surface area (Å²) in [6.45, 7) is 2.06. The van der Waals surface area contributed by atoms with E-state index in [2.05, 4.69) is 20.3 Å². The quantitative estimate of drug-likeness (QED) is 0.210. The minimum absolute atomic E-state index is 0.0386. The largest absolute Gasteiger partial charge is 0.390 e. The van der Waals surface area contributed by atoms with Crippen molar-refractivity contribution in [2.24, 2.45) is 10.7 Å². The molecule has 0 unspecified atom stereocenters. The molecule has 1 aromatic heterocycles. The zero-order valence-electron chi connectivity index (χ0n) is 19.4. The van der Waals surface area contributed by atoms with Crippen LogP contribution in [0.4, 0.5) is 25.8 Å². The third-order valence-corrected chi connectivity index (χ3v) is 8.78. The van der Waals surface area contributed by atoms with Gasteiger partial charge in [0, 0.05) is 35.7 Å². The molecule has 198 valence electrons. The van der Waals surface area contributed by atoms with Crippen molar-refractivity contribution in [2.75, 3.05) is 15.8 Å². The molecular formula is C22H27Cl2F2N5O3S2. The van der Waals surface area contributed by atoms with Crippen molar-refractivity contribution in [3.8, 4) is 0 Å². The number of nitrogens with two attached hydrogens (primary N) is 1. The van der Waals surface area contributed by atoms with E-state index >= 15 is 0 Å². The molecule has 1 aliphatic carbocycles. The van der Waals surface area contributed by atoms with Gasteiger partial charge in [-0.2, -0.15) is 0 Å². The van der Waals surface area contributed by atoms with E-state index in [4.69, 9.17) is 28.9 Å². The molecule has 1 aliphatic rings. The molecule has 0 saturated heterocycles. The van der Waals surface area contributed by atoms with E-state index in [1.54, 1.807) is 12.3 Å². The van der Waals surface area contributed by atoms with Gasteiger partial charge in [-0.15, -0.1) is 11.3 Å². The number of benzene rings is 1. The fraction of sp³-hybridized carbons (Fsp3) is 0.455. The number of alkyl halides is 2. The first kappa shape index (κ1) is 28.6. The van der Waals surface area contributed by atoms with Crippen LogP contribution in [0.1, 0.15) is 54.3 Å². The van der Waals surface area contributed by atoms with Crippen molar-refractivity contribution in [2.45, 2.75) is 57.5 Å². The zero-order valence-corrected chi connectivity index (χ0v) is 22.6. The fourth-order valence-electron chi connectivity index (χ4n) is 3.79. The minimum atomic E-state index is -3.62. The Morgan fingerprint density at radius 3 is 2.64 bits per heavy atom. The number of halogens is 4. The summed E-state index contributed by atoms with van der Waals surface area (Å²) in [6, 6.07) is 2.77. The highest BCUT2D eigenvalue weighted by molar-refractivity contribution is 7.92. The normalized spacial score (nSPS) is 16.4. The van der Waals surface area contributed by atoms with Crippen molar-refractivity contribution in [1.82, 2.24) is 5.32 Å². The molecule has 1 aromatic carbocycles. The van der Waals surface area contributed by atoms with E-state index in [1.165, 1.54) is 23.5 Å². The minimum Gasteiger partial charge on any atom is -0.390 e. The zero-order chi connectivity index (χ0) is 26.5. The van der Waals surface area contributed by atoms with Gasteiger partial charge in [0.15, 0.2) is 0 Å². The topological polar surface area (TPSA) is 126 Å². The van der Waals surface area contributed by atoms with Crippen LogP contribution in [0.5, 0.6) is 0 Å². The van der Waals surface area contributed by atoms with E-state index in [1.807, 2.05) is 0 Å². The number of aliphatic imine (C=N–C) groups is 1. The first-order valence-electron chi connectivity index (χ1n) is 11.2. The Bertz CT molecular complexity index is 1230. The third kappa shape index (κ3) is 7.28. The smallest absolute Gasteiger partial charge is 0.258 e. The molecule has 0 radical (unpaired) electrons. The maximum Gasteiger partial charge on any atom is 0.258 e. The van der Waals surface area contributed by atoms with Crippen LogP contribution >= 0.6 is 34.5 Å². The molecule has 14 heteroatoms. The molecule has 0 spiro atoms. The molecule has 0 atom stereocenters. The van der Waals surface area contributed by atoms with E-state index in [9.17, 15) is 22.0 Å². The highest BCUT2D eigenvalue weighted by Gasteiger charge is 2.34. The molecule has 3 rings (SSSR count). The van der Waals surface area contributed by atoms with Gasteiger partial charge in [0.05, 0.1) is 44.8 Å². The number of carbonyl (C=O) groups is 1. The Labute approximate surface area is 222 Å². The average molecular weight is 583 g/mol. The van der Waals surface area contributed by atoms with Crippen LogP contribution in [0.15, 0.2) is 22.5 Å². The van der Waals surface area contributed by atoms with E-state index in [0.717, 1.165) is 6.34 Å². The number of thiophene rings is 1. The molecule has 0 aliphatic heterocycles. The summed E-state index contributed by atoms with van der Waals surface area (Å²) in [5.74, 6) is -3.28. The number of rotatable bonds is 10. The summed E-state index contributed by atoms with van der Waals surface area (Å²) < 4.78 is 53.5. The standard InChI is InChI=1S/C22H27Cl2F2N5O3S2/c1-2-9-36(33,34)31-16-4-3-15(23)20(18(16)24)30-21(32)14-11-35-17(19(14)29-12-27)10-28-13-5-7-22(25,26)8-6-13/h3-4,11-13,28,31H,2,5-10H2,1H3,(H2,27,29)(H,30,32). The Hall–Kier alpha value is -1.99. The van der Waals surface area contributed by atoms with Gasteiger partial charge in [-0.25, -0.2) is 22.2 Å². The van der Waals surface area contributed by atoms with E-state index in [-0.39, 0.29) is 51.6 Å². The second-order valence-corrected chi connectivity index (χ2v) is 12.0. The number of hydrogen-bond donors (Lipinski definition) is 4. The third-order valence-electron chi connectivity index (χ3n) is 5.62. The van der Waals surface area contributed by atoms with E-state index < -0.39 is 21.9 Å². The van der Waals surface area contributed by atoms with Crippen LogP contribution in [0, 0.1) is 0 Å². The van der Waals surface area contributed by atoms with Crippen LogP contribution < -0.4 is 21.1 Å². The van der Waals surface area contributed by atoms with Crippen molar-refractivity contribution < 1.29 is 22.0 Å². The second-order valence-electron chi connectivity index (χ2n) is 8.37. The van der Waals surface area contributed by atoms with Gasteiger partial charge in [-0.3, -0.25) is 9.52 Å². The SMILES string of the molecule is CCCS(=O)(=O)Nc1ccc(Cl)c(NC(=O)c2csc(CNC3CCC(F)(F)CC3)c2N=CN)c1Cl. The second kappa shape index (κ2) is 12.0. The van der Waals surface area contributed by atoms with Crippen molar-refractivity contribution >= 4 is 73.9 Å². The van der Waals surface area contributed by atoms with Gasteiger partial charge >= 0.3 is 0 Å². The number of nitrogens with zero attached hydrogens (tertiary/aromatic N) is 1. The number of anilines is 2. The fourth-order valence-corrected chi connectivity index (χ4v) is 6.42. The summed E-state index contributed by atoms with van der Waals surface area (Å²) in [5, 5.41) is 7.53. The predicted octanol–water partition coefficient (Wildman–Crippen LogP) is 5.74. The monoisotopic (exact) mass is 581 g/mol. The van der Waals surface area contributed by atoms with E-state index in [0.29, 0.717) is 36.4 Å². The van der Waals surface area contributed by atoms with Crippen molar-refractivity contribution in [3.63, 3.8) is 0 Å². The first-order chi connectivity index (χ1) is 17.0. The lowest BCUT2D eigenvalue weighted by molar-refractivity contribution is -0.0405.